The van der Waals surface area contributed by atoms with E-state index >= 15 is 0 Å². The molecule has 0 bridgehead atoms. The summed E-state index contributed by atoms with van der Waals surface area (Å²) in [5.41, 5.74) is 2.24. The van der Waals surface area contributed by atoms with E-state index in [4.69, 9.17) is 9.47 Å². The Morgan fingerprint density at radius 1 is 0.903 bits per heavy atom. The van der Waals surface area contributed by atoms with Crippen molar-refractivity contribution in [1.29, 1.82) is 0 Å². The van der Waals surface area contributed by atoms with Gasteiger partial charge in [0.1, 0.15) is 5.75 Å². The third-order valence-corrected chi connectivity index (χ3v) is 4.29. The molecule has 0 saturated carbocycles. The van der Waals surface area contributed by atoms with Crippen molar-refractivity contribution in [3.05, 3.63) is 65.2 Å². The lowest BCUT2D eigenvalue weighted by atomic mass is 10.1. The van der Waals surface area contributed by atoms with Crippen LogP contribution in [0.25, 0.3) is 0 Å². The van der Waals surface area contributed by atoms with Gasteiger partial charge in [-0.25, -0.2) is 9.59 Å². The molecular formula is C23H29N3O5. The Hall–Kier alpha value is -3.55. The zero-order valence-electron chi connectivity index (χ0n) is 18.1. The predicted molar refractivity (Wildman–Crippen MR) is 117 cm³/mol. The first-order valence-electron chi connectivity index (χ1n) is 10.1. The van der Waals surface area contributed by atoms with Gasteiger partial charge in [0.05, 0.1) is 12.7 Å². The van der Waals surface area contributed by atoms with E-state index in [0.717, 1.165) is 16.9 Å². The number of carbonyl (C=O) groups is 3. The van der Waals surface area contributed by atoms with Crippen LogP contribution in [0.15, 0.2) is 48.5 Å². The van der Waals surface area contributed by atoms with Crippen LogP contribution in [0.2, 0.25) is 0 Å². The highest BCUT2D eigenvalue weighted by Gasteiger charge is 2.10. The Morgan fingerprint density at radius 3 is 2.16 bits per heavy atom. The standard InChI is InChI=1S/C23H29N3O5/c1-16(2)26-23(29)25-14-18-4-8-19(9-5-18)22(28)31-15-21(27)24-13-12-17-6-10-20(30-3)11-7-17/h4-11,16H,12-15H2,1-3H3,(H,24,27)(H2,25,26,29). The number of hydrogen-bond acceptors (Lipinski definition) is 5. The molecule has 0 radical (unpaired) electrons. The van der Waals surface area contributed by atoms with Crippen LogP contribution in [0.5, 0.6) is 5.75 Å². The summed E-state index contributed by atoms with van der Waals surface area (Å²) < 4.78 is 10.2. The Morgan fingerprint density at radius 2 is 1.55 bits per heavy atom. The van der Waals surface area contributed by atoms with E-state index in [1.165, 1.54) is 0 Å². The van der Waals surface area contributed by atoms with Crippen molar-refractivity contribution >= 4 is 17.9 Å². The third-order valence-electron chi connectivity index (χ3n) is 4.29. The first-order chi connectivity index (χ1) is 14.9. The number of carbonyl (C=O) groups excluding carboxylic acids is 3. The van der Waals surface area contributed by atoms with Crippen LogP contribution in [-0.4, -0.2) is 44.2 Å². The lowest BCUT2D eigenvalue weighted by Crippen LogP contribution is -2.39. The molecule has 3 N–H and O–H groups in total. The Kier molecular flexibility index (Phi) is 9.35. The summed E-state index contributed by atoms with van der Waals surface area (Å²) in [6, 6.07) is 14.0. The second kappa shape index (κ2) is 12.2. The molecule has 166 valence electrons. The maximum absolute atomic E-state index is 12.1. The van der Waals surface area contributed by atoms with Gasteiger partial charge in [-0.3, -0.25) is 4.79 Å². The SMILES string of the molecule is COc1ccc(CCNC(=O)COC(=O)c2ccc(CNC(=O)NC(C)C)cc2)cc1. The summed E-state index contributed by atoms with van der Waals surface area (Å²) in [7, 11) is 1.61. The van der Waals surface area contributed by atoms with Crippen LogP contribution >= 0.6 is 0 Å². The molecule has 0 atom stereocenters. The van der Waals surface area contributed by atoms with E-state index in [-0.39, 0.29) is 24.6 Å². The second-order valence-corrected chi connectivity index (χ2v) is 7.20. The molecule has 0 aromatic heterocycles. The van der Waals surface area contributed by atoms with Gasteiger partial charge in [-0.1, -0.05) is 24.3 Å². The van der Waals surface area contributed by atoms with Crippen LogP contribution < -0.4 is 20.7 Å². The van der Waals surface area contributed by atoms with E-state index in [9.17, 15) is 14.4 Å². The van der Waals surface area contributed by atoms with Gasteiger partial charge in [-0.2, -0.15) is 0 Å². The van der Waals surface area contributed by atoms with Gasteiger partial charge >= 0.3 is 12.0 Å². The highest BCUT2D eigenvalue weighted by atomic mass is 16.5. The lowest BCUT2D eigenvalue weighted by Gasteiger charge is -2.10. The summed E-state index contributed by atoms with van der Waals surface area (Å²) >= 11 is 0. The number of hydrogen-bond donors (Lipinski definition) is 3. The van der Waals surface area contributed by atoms with Gasteiger partial charge in [-0.05, 0) is 55.7 Å². The number of benzene rings is 2. The van der Waals surface area contributed by atoms with Crippen molar-refractivity contribution in [3.8, 4) is 5.75 Å². The van der Waals surface area contributed by atoms with Crippen molar-refractivity contribution in [2.24, 2.45) is 0 Å². The van der Waals surface area contributed by atoms with E-state index in [2.05, 4.69) is 16.0 Å². The minimum atomic E-state index is -0.581. The van der Waals surface area contributed by atoms with E-state index in [1.54, 1.807) is 31.4 Å². The monoisotopic (exact) mass is 427 g/mol. The molecule has 0 aliphatic heterocycles. The quantitative estimate of drug-likeness (QED) is 0.505. The first kappa shape index (κ1) is 23.7. The van der Waals surface area contributed by atoms with Gasteiger partial charge < -0.3 is 25.4 Å². The molecule has 3 amide bonds. The molecule has 0 aliphatic rings. The number of rotatable bonds is 10. The van der Waals surface area contributed by atoms with Gasteiger partial charge in [-0.15, -0.1) is 0 Å². The van der Waals surface area contributed by atoms with Crippen molar-refractivity contribution < 1.29 is 23.9 Å². The van der Waals surface area contributed by atoms with Crippen LogP contribution in [0.3, 0.4) is 0 Å². The summed E-state index contributed by atoms with van der Waals surface area (Å²) in [5, 5.41) is 8.18. The lowest BCUT2D eigenvalue weighted by molar-refractivity contribution is -0.124. The second-order valence-electron chi connectivity index (χ2n) is 7.20. The molecule has 2 aromatic rings. The molecule has 8 nitrogen and oxygen atoms in total. The Bertz CT molecular complexity index is 864. The summed E-state index contributed by atoms with van der Waals surface area (Å²) in [6.07, 6.45) is 0.661. The summed E-state index contributed by atoms with van der Waals surface area (Å²) in [4.78, 5) is 35.6. The maximum Gasteiger partial charge on any atom is 0.338 e. The zero-order valence-corrected chi connectivity index (χ0v) is 18.1. The van der Waals surface area contributed by atoms with Crippen molar-refractivity contribution in [2.45, 2.75) is 32.9 Å². The smallest absolute Gasteiger partial charge is 0.338 e. The van der Waals surface area contributed by atoms with Crippen LogP contribution in [-0.2, 0) is 22.5 Å². The number of methoxy groups -OCH3 is 1. The largest absolute Gasteiger partial charge is 0.497 e. The van der Waals surface area contributed by atoms with E-state index in [0.29, 0.717) is 25.1 Å². The van der Waals surface area contributed by atoms with Gasteiger partial charge in [0.2, 0.25) is 0 Å². The number of nitrogens with one attached hydrogen (secondary N) is 3. The summed E-state index contributed by atoms with van der Waals surface area (Å²) in [6.45, 7) is 4.18. The fourth-order valence-electron chi connectivity index (χ4n) is 2.66. The normalized spacial score (nSPS) is 10.3. The maximum atomic E-state index is 12.1. The molecule has 2 rings (SSSR count). The Labute approximate surface area is 182 Å². The average molecular weight is 428 g/mol. The average Bonchev–Trinajstić information content (AvgIpc) is 2.76. The van der Waals surface area contributed by atoms with Crippen molar-refractivity contribution in [1.82, 2.24) is 16.0 Å². The van der Waals surface area contributed by atoms with Crippen molar-refractivity contribution in [3.63, 3.8) is 0 Å². The van der Waals surface area contributed by atoms with Gasteiger partial charge in [0.15, 0.2) is 6.61 Å². The molecule has 0 heterocycles. The molecule has 0 aliphatic carbocycles. The highest BCUT2D eigenvalue weighted by Crippen LogP contribution is 2.11. The number of amides is 3. The van der Waals surface area contributed by atoms with Gasteiger partial charge in [0, 0.05) is 19.1 Å². The molecule has 2 aromatic carbocycles. The third kappa shape index (κ3) is 8.77. The fraction of sp³-hybridized carbons (Fsp3) is 0.348. The summed E-state index contributed by atoms with van der Waals surface area (Å²) in [5.74, 6) is -0.165. The molecule has 8 heteroatoms. The zero-order chi connectivity index (χ0) is 22.6. The predicted octanol–water partition coefficient (Wildman–Crippen LogP) is 2.42. The topological polar surface area (TPSA) is 106 Å². The van der Waals surface area contributed by atoms with Crippen molar-refractivity contribution in [2.75, 3.05) is 20.3 Å². The Balaban J connectivity index is 1.68. The van der Waals surface area contributed by atoms with Crippen LogP contribution in [0.1, 0.15) is 35.3 Å². The first-order valence-corrected chi connectivity index (χ1v) is 10.1. The van der Waals surface area contributed by atoms with Crippen LogP contribution in [0.4, 0.5) is 4.79 Å². The van der Waals surface area contributed by atoms with Crippen LogP contribution in [0, 0.1) is 0 Å². The van der Waals surface area contributed by atoms with E-state index < -0.39 is 5.97 Å². The molecular weight excluding hydrogens is 398 g/mol. The minimum Gasteiger partial charge on any atom is -0.497 e. The fourth-order valence-corrected chi connectivity index (χ4v) is 2.66. The number of ether oxygens (including phenoxy) is 2. The van der Waals surface area contributed by atoms with E-state index in [1.807, 2.05) is 38.1 Å². The molecule has 0 unspecified atom stereocenters. The number of esters is 1. The molecule has 31 heavy (non-hydrogen) atoms. The molecule has 0 fully saturated rings. The molecule has 0 spiro atoms. The number of urea groups is 1. The highest BCUT2D eigenvalue weighted by molar-refractivity contribution is 5.91. The minimum absolute atomic E-state index is 0.0526. The molecule has 0 saturated heterocycles. The van der Waals surface area contributed by atoms with Gasteiger partial charge in [0.25, 0.3) is 5.91 Å².